The number of thiophene rings is 1. The van der Waals surface area contributed by atoms with Gasteiger partial charge in [0.15, 0.2) is 0 Å². The number of methoxy groups -OCH3 is 1. The fourth-order valence-corrected chi connectivity index (χ4v) is 4.07. The summed E-state index contributed by atoms with van der Waals surface area (Å²) in [6.07, 6.45) is 0. The molecule has 1 aromatic heterocycles. The van der Waals surface area contributed by atoms with Crippen LogP contribution in [0, 0.1) is 5.82 Å². The summed E-state index contributed by atoms with van der Waals surface area (Å²) in [5.41, 5.74) is 0.663. The first-order chi connectivity index (χ1) is 10.6. The van der Waals surface area contributed by atoms with Gasteiger partial charge in [-0.15, -0.1) is 11.3 Å². The van der Waals surface area contributed by atoms with Crippen LogP contribution in [0.1, 0.15) is 22.2 Å². The number of fused-ring (bicyclic) bond motifs is 1. The third-order valence-corrected chi connectivity index (χ3v) is 5.19. The molecule has 1 N–H and O–H groups in total. The van der Waals surface area contributed by atoms with E-state index in [1.807, 2.05) is 17.9 Å². The lowest BCUT2D eigenvalue weighted by Gasteiger charge is -2.33. The Kier molecular flexibility index (Phi) is 4.42. The molecule has 0 unspecified atom stereocenters. The number of piperazine rings is 1. The summed E-state index contributed by atoms with van der Waals surface area (Å²) >= 11 is 1.35. The van der Waals surface area contributed by atoms with Crippen molar-refractivity contribution in [1.82, 2.24) is 10.2 Å². The predicted molar refractivity (Wildman–Crippen MR) is 85.9 cm³/mol. The van der Waals surface area contributed by atoms with Crippen molar-refractivity contribution in [2.75, 3.05) is 26.7 Å². The largest absolute Gasteiger partial charge is 0.380 e. The Morgan fingerprint density at radius 3 is 3.09 bits per heavy atom. The van der Waals surface area contributed by atoms with E-state index in [1.165, 1.54) is 17.4 Å². The van der Waals surface area contributed by atoms with Crippen LogP contribution in [0.3, 0.4) is 0 Å². The van der Waals surface area contributed by atoms with E-state index >= 15 is 0 Å². The number of benzene rings is 1. The number of halogens is 1. The fraction of sp³-hybridized carbons (Fsp3) is 0.438. The van der Waals surface area contributed by atoms with Crippen molar-refractivity contribution in [3.8, 4) is 0 Å². The lowest BCUT2D eigenvalue weighted by Crippen LogP contribution is -2.52. The smallest absolute Gasteiger partial charge is 0.264 e. The molecule has 0 saturated carbocycles. The zero-order chi connectivity index (χ0) is 15.7. The maximum Gasteiger partial charge on any atom is 0.264 e. The van der Waals surface area contributed by atoms with E-state index in [0.29, 0.717) is 22.4 Å². The summed E-state index contributed by atoms with van der Waals surface area (Å²) in [6.45, 7) is 4.50. The molecule has 6 heteroatoms. The predicted octanol–water partition coefficient (Wildman–Crippen LogP) is 2.62. The maximum atomic E-state index is 14.2. The molecule has 2 aromatic rings. The van der Waals surface area contributed by atoms with Crippen molar-refractivity contribution in [2.45, 2.75) is 19.6 Å². The number of hydrogen-bond acceptors (Lipinski definition) is 4. The Bertz CT molecular complexity index is 701. The highest BCUT2D eigenvalue weighted by Gasteiger charge is 2.28. The van der Waals surface area contributed by atoms with Crippen LogP contribution in [0.4, 0.5) is 4.39 Å². The third-order valence-electron chi connectivity index (χ3n) is 4.01. The number of hydrogen-bond donors (Lipinski definition) is 1. The Hall–Kier alpha value is -1.50. The molecule has 1 aliphatic heterocycles. The molecule has 0 radical (unpaired) electrons. The molecule has 1 saturated heterocycles. The molecule has 118 valence electrons. The lowest BCUT2D eigenvalue weighted by atomic mass is 10.1. The van der Waals surface area contributed by atoms with Crippen molar-refractivity contribution in [2.24, 2.45) is 0 Å². The second-order valence-corrected chi connectivity index (χ2v) is 6.56. The number of amides is 1. The van der Waals surface area contributed by atoms with Gasteiger partial charge >= 0.3 is 0 Å². The molecule has 22 heavy (non-hydrogen) atoms. The van der Waals surface area contributed by atoms with Crippen LogP contribution in [0.25, 0.3) is 10.1 Å². The Morgan fingerprint density at radius 1 is 1.55 bits per heavy atom. The average molecular weight is 322 g/mol. The van der Waals surface area contributed by atoms with Crippen molar-refractivity contribution in [3.05, 3.63) is 34.5 Å². The molecule has 0 spiro atoms. The second kappa shape index (κ2) is 6.32. The molecule has 2 heterocycles. The molecule has 1 amide bonds. The van der Waals surface area contributed by atoms with Crippen molar-refractivity contribution < 1.29 is 13.9 Å². The molecular weight excluding hydrogens is 303 g/mol. The van der Waals surface area contributed by atoms with Gasteiger partial charge in [0, 0.05) is 48.4 Å². The Balaban J connectivity index is 2.07. The summed E-state index contributed by atoms with van der Waals surface area (Å²) in [6, 6.07) is 5.08. The van der Waals surface area contributed by atoms with E-state index < -0.39 is 0 Å². The highest BCUT2D eigenvalue weighted by Crippen LogP contribution is 2.34. The molecular formula is C16H19FN2O2S. The molecule has 0 bridgehead atoms. The van der Waals surface area contributed by atoms with Gasteiger partial charge in [-0.2, -0.15) is 0 Å². The van der Waals surface area contributed by atoms with Gasteiger partial charge < -0.3 is 15.0 Å². The van der Waals surface area contributed by atoms with E-state index in [4.69, 9.17) is 4.74 Å². The minimum Gasteiger partial charge on any atom is -0.380 e. The van der Waals surface area contributed by atoms with Gasteiger partial charge in [-0.05, 0) is 19.1 Å². The SMILES string of the molecule is COCc1c(C(=O)N2CCNC[C@H]2C)sc2cccc(F)c12. The van der Waals surface area contributed by atoms with Crippen LogP contribution in [0.15, 0.2) is 18.2 Å². The molecule has 1 atom stereocenters. The van der Waals surface area contributed by atoms with Crippen molar-refractivity contribution >= 4 is 27.3 Å². The average Bonchev–Trinajstić information content (AvgIpc) is 2.88. The van der Waals surface area contributed by atoms with Crippen molar-refractivity contribution in [3.63, 3.8) is 0 Å². The Labute approximate surface area is 132 Å². The molecule has 1 fully saturated rings. The molecule has 0 aliphatic carbocycles. The number of nitrogens with one attached hydrogen (secondary N) is 1. The minimum atomic E-state index is -0.298. The first-order valence-electron chi connectivity index (χ1n) is 7.34. The van der Waals surface area contributed by atoms with E-state index in [9.17, 15) is 9.18 Å². The number of carbonyl (C=O) groups is 1. The van der Waals surface area contributed by atoms with Crippen LogP contribution in [-0.4, -0.2) is 43.6 Å². The maximum absolute atomic E-state index is 14.2. The van der Waals surface area contributed by atoms with E-state index in [-0.39, 0.29) is 24.4 Å². The van der Waals surface area contributed by atoms with Gasteiger partial charge in [0.1, 0.15) is 5.82 Å². The summed E-state index contributed by atoms with van der Waals surface area (Å²) < 4.78 is 20.2. The zero-order valence-corrected chi connectivity index (χ0v) is 13.5. The van der Waals surface area contributed by atoms with Crippen LogP contribution in [0.5, 0.6) is 0 Å². The highest BCUT2D eigenvalue weighted by atomic mass is 32.1. The van der Waals surface area contributed by atoms with Gasteiger partial charge in [-0.25, -0.2) is 4.39 Å². The first kappa shape index (κ1) is 15.4. The standard InChI is InChI=1S/C16H19FN2O2S/c1-10-8-18-6-7-19(10)16(20)15-11(9-21-2)14-12(17)4-3-5-13(14)22-15/h3-5,10,18H,6-9H2,1-2H3/t10-/m1/s1. The molecule has 1 aliphatic rings. The molecule has 3 rings (SSSR count). The number of rotatable bonds is 3. The first-order valence-corrected chi connectivity index (χ1v) is 8.15. The van der Waals surface area contributed by atoms with Crippen LogP contribution >= 0.6 is 11.3 Å². The second-order valence-electron chi connectivity index (χ2n) is 5.51. The number of nitrogens with zero attached hydrogens (tertiary/aromatic N) is 1. The van der Waals surface area contributed by atoms with Crippen molar-refractivity contribution in [1.29, 1.82) is 0 Å². The quantitative estimate of drug-likeness (QED) is 0.944. The Morgan fingerprint density at radius 2 is 2.36 bits per heavy atom. The summed E-state index contributed by atoms with van der Waals surface area (Å²) in [5, 5.41) is 3.79. The van der Waals surface area contributed by atoms with E-state index in [2.05, 4.69) is 5.32 Å². The molecule has 1 aromatic carbocycles. The summed E-state index contributed by atoms with van der Waals surface area (Å²) in [5.74, 6) is -0.324. The van der Waals surface area contributed by atoms with Gasteiger partial charge in [0.05, 0.1) is 11.5 Å². The van der Waals surface area contributed by atoms with Crippen LogP contribution in [-0.2, 0) is 11.3 Å². The minimum absolute atomic E-state index is 0.0262. The van der Waals surface area contributed by atoms with Crippen LogP contribution in [0.2, 0.25) is 0 Å². The van der Waals surface area contributed by atoms with Crippen LogP contribution < -0.4 is 5.32 Å². The van der Waals surface area contributed by atoms with E-state index in [1.54, 1.807) is 13.2 Å². The van der Waals surface area contributed by atoms with E-state index in [0.717, 1.165) is 17.8 Å². The fourth-order valence-electron chi connectivity index (χ4n) is 2.90. The third kappa shape index (κ3) is 2.62. The van der Waals surface area contributed by atoms with Gasteiger partial charge in [0.25, 0.3) is 5.91 Å². The zero-order valence-electron chi connectivity index (χ0n) is 12.7. The number of ether oxygens (including phenoxy) is 1. The summed E-state index contributed by atoms with van der Waals surface area (Å²) in [7, 11) is 1.56. The normalized spacial score (nSPS) is 18.9. The topological polar surface area (TPSA) is 41.6 Å². The van der Waals surface area contributed by atoms with Gasteiger partial charge in [-0.3, -0.25) is 4.79 Å². The van der Waals surface area contributed by atoms with Gasteiger partial charge in [-0.1, -0.05) is 6.07 Å². The van der Waals surface area contributed by atoms with Gasteiger partial charge in [0.2, 0.25) is 0 Å². The molecule has 4 nitrogen and oxygen atoms in total. The highest BCUT2D eigenvalue weighted by molar-refractivity contribution is 7.21. The number of carbonyl (C=O) groups excluding carboxylic acids is 1. The monoisotopic (exact) mass is 322 g/mol. The summed E-state index contributed by atoms with van der Waals surface area (Å²) in [4.78, 5) is 15.4. The lowest BCUT2D eigenvalue weighted by molar-refractivity contribution is 0.0657.